The zero-order valence-corrected chi connectivity index (χ0v) is 12.7. The maximum atomic E-state index is 11.9. The summed E-state index contributed by atoms with van der Waals surface area (Å²) in [6, 6.07) is 11.4. The first-order chi connectivity index (χ1) is 10.7. The van der Waals surface area contributed by atoms with E-state index in [0.717, 1.165) is 12.0 Å². The highest BCUT2D eigenvalue weighted by Gasteiger charge is 2.10. The molecule has 6 heteroatoms. The molecule has 118 valence electrons. The quantitative estimate of drug-likeness (QED) is 0.733. The van der Waals surface area contributed by atoms with E-state index in [-0.39, 0.29) is 18.7 Å². The summed E-state index contributed by atoms with van der Waals surface area (Å²) in [5.41, 5.74) is 1.15. The van der Waals surface area contributed by atoms with Gasteiger partial charge in [0, 0.05) is 24.9 Å². The van der Waals surface area contributed by atoms with Crippen molar-refractivity contribution in [2.45, 2.75) is 32.4 Å². The molecule has 3 N–H and O–H groups in total. The molecule has 0 saturated heterocycles. The molecule has 2 aromatic rings. The van der Waals surface area contributed by atoms with Crippen LogP contribution in [-0.4, -0.2) is 33.6 Å². The van der Waals surface area contributed by atoms with E-state index in [1.165, 1.54) is 0 Å². The molecule has 0 saturated carbocycles. The van der Waals surface area contributed by atoms with Crippen molar-refractivity contribution in [1.29, 1.82) is 0 Å². The Morgan fingerprint density at radius 2 is 2.09 bits per heavy atom. The molecule has 0 spiro atoms. The van der Waals surface area contributed by atoms with Gasteiger partial charge in [0.25, 0.3) is 0 Å². The molecule has 0 bridgehead atoms. The van der Waals surface area contributed by atoms with Gasteiger partial charge in [0.2, 0.25) is 0 Å². The first kappa shape index (κ1) is 16.0. The lowest BCUT2D eigenvalue weighted by atomic mass is 10.2. The van der Waals surface area contributed by atoms with Crippen LogP contribution in [0.1, 0.15) is 25.3 Å². The Kier molecular flexibility index (Phi) is 5.97. The maximum Gasteiger partial charge on any atom is 0.320 e. The molecule has 0 aliphatic rings. The van der Waals surface area contributed by atoms with Gasteiger partial charge in [0.05, 0.1) is 6.54 Å². The lowest BCUT2D eigenvalue weighted by Crippen LogP contribution is -2.38. The van der Waals surface area contributed by atoms with E-state index < -0.39 is 0 Å². The van der Waals surface area contributed by atoms with Gasteiger partial charge in [-0.15, -0.1) is 0 Å². The van der Waals surface area contributed by atoms with Crippen LogP contribution in [0.2, 0.25) is 0 Å². The summed E-state index contributed by atoms with van der Waals surface area (Å²) in [6.45, 7) is 2.69. The number of hydrogen-bond donors (Lipinski definition) is 3. The fourth-order valence-electron chi connectivity index (χ4n) is 2.16. The number of nitrogens with one attached hydrogen (secondary N) is 2. The van der Waals surface area contributed by atoms with Gasteiger partial charge in [0.1, 0.15) is 0 Å². The minimum atomic E-state index is -0.301. The number of carbonyl (C=O) groups is 1. The van der Waals surface area contributed by atoms with Crippen molar-refractivity contribution in [1.82, 2.24) is 15.1 Å². The molecule has 22 heavy (non-hydrogen) atoms. The highest BCUT2D eigenvalue weighted by Crippen LogP contribution is 2.06. The Bertz CT molecular complexity index is 583. The van der Waals surface area contributed by atoms with Crippen LogP contribution in [0.15, 0.2) is 42.6 Å². The van der Waals surface area contributed by atoms with E-state index in [0.29, 0.717) is 18.8 Å². The van der Waals surface area contributed by atoms with Crippen molar-refractivity contribution in [3.63, 3.8) is 0 Å². The second-order valence-electron chi connectivity index (χ2n) is 5.10. The van der Waals surface area contributed by atoms with Gasteiger partial charge in [-0.05, 0) is 18.4 Å². The standard InChI is InChI=1S/C16H22N4O2/c1-2-14(9-11-21)17-16(22)18-15-8-10-20(19-15)12-13-6-4-3-5-7-13/h3-8,10,14,21H,2,9,11-12H2,1H3,(H2,17,18,19,22). The molecule has 0 aliphatic carbocycles. The van der Waals surface area contributed by atoms with Gasteiger partial charge in [-0.3, -0.25) is 10.00 Å². The number of rotatable bonds is 7. The largest absolute Gasteiger partial charge is 0.396 e. The molecular weight excluding hydrogens is 280 g/mol. The Balaban J connectivity index is 1.87. The van der Waals surface area contributed by atoms with Crippen molar-refractivity contribution in [2.75, 3.05) is 11.9 Å². The highest BCUT2D eigenvalue weighted by atomic mass is 16.3. The Morgan fingerprint density at radius 3 is 2.77 bits per heavy atom. The molecule has 0 radical (unpaired) electrons. The van der Waals surface area contributed by atoms with Crippen LogP contribution in [-0.2, 0) is 6.54 Å². The molecule has 1 atom stereocenters. The summed E-state index contributed by atoms with van der Waals surface area (Å²) in [4.78, 5) is 11.9. The topological polar surface area (TPSA) is 79.2 Å². The summed E-state index contributed by atoms with van der Waals surface area (Å²) in [7, 11) is 0. The number of aromatic nitrogens is 2. The van der Waals surface area contributed by atoms with E-state index >= 15 is 0 Å². The third-order valence-electron chi connectivity index (χ3n) is 3.38. The van der Waals surface area contributed by atoms with Gasteiger partial charge >= 0.3 is 6.03 Å². The third kappa shape index (κ3) is 4.89. The summed E-state index contributed by atoms with van der Waals surface area (Å²) < 4.78 is 1.77. The van der Waals surface area contributed by atoms with E-state index in [9.17, 15) is 4.79 Å². The number of amides is 2. The van der Waals surface area contributed by atoms with E-state index in [2.05, 4.69) is 15.7 Å². The van der Waals surface area contributed by atoms with Gasteiger partial charge in [-0.2, -0.15) is 5.10 Å². The van der Waals surface area contributed by atoms with Crippen LogP contribution in [0, 0.1) is 0 Å². The number of nitrogens with zero attached hydrogens (tertiary/aromatic N) is 2. The molecule has 0 fully saturated rings. The smallest absolute Gasteiger partial charge is 0.320 e. The number of aliphatic hydroxyl groups is 1. The van der Waals surface area contributed by atoms with Gasteiger partial charge in [-0.25, -0.2) is 4.79 Å². The molecule has 2 amide bonds. The second kappa shape index (κ2) is 8.19. The molecule has 6 nitrogen and oxygen atoms in total. The molecule has 1 aromatic heterocycles. The van der Waals surface area contributed by atoms with Crippen LogP contribution in [0.5, 0.6) is 0 Å². The summed E-state index contributed by atoms with van der Waals surface area (Å²) >= 11 is 0. The number of anilines is 1. The highest BCUT2D eigenvalue weighted by molar-refractivity contribution is 5.88. The number of benzene rings is 1. The predicted molar refractivity (Wildman–Crippen MR) is 85.7 cm³/mol. The zero-order chi connectivity index (χ0) is 15.8. The summed E-state index contributed by atoms with van der Waals surface area (Å²) in [5, 5.41) is 18.8. The van der Waals surface area contributed by atoms with Gasteiger partial charge in [-0.1, -0.05) is 37.3 Å². The van der Waals surface area contributed by atoms with Crippen molar-refractivity contribution in [3.8, 4) is 0 Å². The lowest BCUT2D eigenvalue weighted by Gasteiger charge is -2.15. The monoisotopic (exact) mass is 302 g/mol. The molecular formula is C16H22N4O2. The van der Waals surface area contributed by atoms with Gasteiger partial charge in [0.15, 0.2) is 5.82 Å². The van der Waals surface area contributed by atoms with E-state index in [1.54, 1.807) is 10.7 Å². The van der Waals surface area contributed by atoms with Crippen molar-refractivity contribution in [2.24, 2.45) is 0 Å². The fraction of sp³-hybridized carbons (Fsp3) is 0.375. The first-order valence-electron chi connectivity index (χ1n) is 7.47. The summed E-state index contributed by atoms with van der Waals surface area (Å²) in [5.74, 6) is 0.507. The normalized spacial score (nSPS) is 11.9. The molecule has 0 aliphatic heterocycles. The van der Waals surface area contributed by atoms with Crippen LogP contribution in [0.3, 0.4) is 0 Å². The van der Waals surface area contributed by atoms with Crippen LogP contribution in [0.4, 0.5) is 10.6 Å². The third-order valence-corrected chi connectivity index (χ3v) is 3.38. The van der Waals surface area contributed by atoms with E-state index in [1.807, 2.05) is 43.5 Å². The maximum absolute atomic E-state index is 11.9. The SMILES string of the molecule is CCC(CCO)NC(=O)Nc1ccn(Cc2ccccc2)n1. The van der Waals surface area contributed by atoms with Crippen LogP contribution < -0.4 is 10.6 Å². The minimum Gasteiger partial charge on any atom is -0.396 e. The average molecular weight is 302 g/mol. The molecule has 2 rings (SSSR count). The average Bonchev–Trinajstić information content (AvgIpc) is 2.94. The fourth-order valence-corrected chi connectivity index (χ4v) is 2.16. The molecule has 1 unspecified atom stereocenters. The summed E-state index contributed by atoms with van der Waals surface area (Å²) in [6.07, 6.45) is 3.15. The number of urea groups is 1. The van der Waals surface area contributed by atoms with Gasteiger partial charge < -0.3 is 10.4 Å². The molecule has 1 heterocycles. The first-order valence-corrected chi connectivity index (χ1v) is 7.47. The number of hydrogen-bond acceptors (Lipinski definition) is 3. The van der Waals surface area contributed by atoms with Crippen LogP contribution >= 0.6 is 0 Å². The minimum absolute atomic E-state index is 0.0311. The lowest BCUT2D eigenvalue weighted by molar-refractivity contribution is 0.237. The zero-order valence-electron chi connectivity index (χ0n) is 12.7. The second-order valence-corrected chi connectivity index (χ2v) is 5.10. The Morgan fingerprint density at radius 1 is 1.32 bits per heavy atom. The molecule has 1 aromatic carbocycles. The van der Waals surface area contributed by atoms with Crippen molar-refractivity contribution >= 4 is 11.8 Å². The van der Waals surface area contributed by atoms with Crippen LogP contribution in [0.25, 0.3) is 0 Å². The predicted octanol–water partition coefficient (Wildman–Crippen LogP) is 2.21. The van der Waals surface area contributed by atoms with E-state index in [4.69, 9.17) is 5.11 Å². The van der Waals surface area contributed by atoms with Crippen molar-refractivity contribution < 1.29 is 9.90 Å². The Labute approximate surface area is 130 Å². The number of carbonyl (C=O) groups excluding carboxylic acids is 1. The Hall–Kier alpha value is -2.34. The van der Waals surface area contributed by atoms with Crippen molar-refractivity contribution in [3.05, 3.63) is 48.2 Å². The number of aliphatic hydroxyl groups excluding tert-OH is 1.